The lowest BCUT2D eigenvalue weighted by Crippen LogP contribution is -2.47. The summed E-state index contributed by atoms with van der Waals surface area (Å²) in [7, 11) is 3.19. The third-order valence-electron chi connectivity index (χ3n) is 3.91. The number of amides is 1. The van der Waals surface area contributed by atoms with Crippen molar-refractivity contribution in [1.82, 2.24) is 5.32 Å². The molecule has 1 aliphatic rings. The maximum atomic E-state index is 12.2. The lowest BCUT2D eigenvalue weighted by Gasteiger charge is -2.34. The van der Waals surface area contributed by atoms with E-state index in [1.807, 2.05) is 0 Å². The van der Waals surface area contributed by atoms with Crippen molar-refractivity contribution in [3.05, 3.63) is 28.8 Å². The minimum atomic E-state index is -3.87. The molecule has 0 unspecified atom stereocenters. The van der Waals surface area contributed by atoms with Crippen LogP contribution in [-0.2, 0) is 13.8 Å². The van der Waals surface area contributed by atoms with E-state index in [-0.39, 0.29) is 22.9 Å². The van der Waals surface area contributed by atoms with E-state index >= 15 is 0 Å². The number of carbonyl (C=O) groups is 1. The Kier molecular flexibility index (Phi) is 4.60. The number of methoxy groups -OCH3 is 1. The van der Waals surface area contributed by atoms with Crippen LogP contribution in [0.3, 0.4) is 0 Å². The van der Waals surface area contributed by atoms with Gasteiger partial charge in [-0.15, -0.1) is 0 Å². The lowest BCUT2D eigenvalue weighted by molar-refractivity contribution is 0.0176. The molecule has 1 fully saturated rings. The van der Waals surface area contributed by atoms with E-state index < -0.39 is 9.05 Å². The average Bonchev–Trinajstić information content (AvgIpc) is 2.34. The molecule has 0 spiro atoms. The molecular weight excluding hydrogens is 314 g/mol. The first kappa shape index (κ1) is 16.3. The molecule has 5 nitrogen and oxygen atoms in total. The Labute approximate surface area is 129 Å². The number of benzene rings is 1. The van der Waals surface area contributed by atoms with Crippen molar-refractivity contribution < 1.29 is 17.9 Å². The van der Waals surface area contributed by atoms with Gasteiger partial charge in [-0.1, -0.05) is 0 Å². The van der Waals surface area contributed by atoms with Crippen LogP contribution in [0, 0.1) is 13.8 Å². The molecule has 116 valence electrons. The van der Waals surface area contributed by atoms with Crippen LogP contribution >= 0.6 is 10.7 Å². The predicted octanol–water partition coefficient (Wildman–Crippen LogP) is 2.14. The van der Waals surface area contributed by atoms with Crippen molar-refractivity contribution in [2.75, 3.05) is 7.11 Å². The third kappa shape index (κ3) is 3.56. The first-order valence-electron chi connectivity index (χ1n) is 6.62. The summed E-state index contributed by atoms with van der Waals surface area (Å²) in [6.07, 6.45) is 1.73. The van der Waals surface area contributed by atoms with Crippen LogP contribution in [0.4, 0.5) is 0 Å². The van der Waals surface area contributed by atoms with Gasteiger partial charge in [0, 0.05) is 29.4 Å². The number of ether oxygens (including phenoxy) is 1. The van der Waals surface area contributed by atoms with Crippen LogP contribution < -0.4 is 5.32 Å². The van der Waals surface area contributed by atoms with Gasteiger partial charge in [0.1, 0.15) is 0 Å². The molecule has 0 radical (unpaired) electrons. The average molecular weight is 332 g/mol. The summed E-state index contributed by atoms with van der Waals surface area (Å²) in [5.74, 6) is -0.292. The molecule has 7 heteroatoms. The molecule has 0 aromatic heterocycles. The molecule has 0 saturated heterocycles. The number of nitrogens with one attached hydrogen (secondary N) is 1. The van der Waals surface area contributed by atoms with E-state index in [9.17, 15) is 13.2 Å². The Balaban J connectivity index is 2.20. The summed E-state index contributed by atoms with van der Waals surface area (Å²) in [5, 5.41) is 2.87. The van der Waals surface area contributed by atoms with Gasteiger partial charge in [-0.3, -0.25) is 4.79 Å². The molecule has 1 amide bonds. The Morgan fingerprint density at radius 2 is 1.95 bits per heavy atom. The van der Waals surface area contributed by atoms with Crippen molar-refractivity contribution in [1.29, 1.82) is 0 Å². The SMILES string of the molecule is COC1CC(NC(=O)c2cc(C)c(C)c(S(=O)(=O)Cl)c2)C1. The van der Waals surface area contributed by atoms with Crippen molar-refractivity contribution in [2.45, 2.75) is 43.7 Å². The molecule has 1 saturated carbocycles. The maximum absolute atomic E-state index is 12.2. The summed E-state index contributed by atoms with van der Waals surface area (Å²) in [5.41, 5.74) is 1.58. The van der Waals surface area contributed by atoms with Crippen molar-refractivity contribution >= 4 is 25.6 Å². The smallest absolute Gasteiger partial charge is 0.261 e. The molecule has 0 aliphatic heterocycles. The largest absolute Gasteiger partial charge is 0.381 e. The molecule has 0 bridgehead atoms. The molecule has 1 aromatic carbocycles. The summed E-state index contributed by atoms with van der Waals surface area (Å²) in [6, 6.07) is 3.06. The monoisotopic (exact) mass is 331 g/mol. The Hall–Kier alpha value is -1.11. The van der Waals surface area contributed by atoms with Crippen molar-refractivity contribution in [3.63, 3.8) is 0 Å². The molecule has 2 rings (SSSR count). The Morgan fingerprint density at radius 3 is 2.48 bits per heavy atom. The highest BCUT2D eigenvalue weighted by atomic mass is 35.7. The first-order chi connectivity index (χ1) is 9.72. The quantitative estimate of drug-likeness (QED) is 0.858. The summed E-state index contributed by atoms with van der Waals surface area (Å²) >= 11 is 0. The Bertz CT molecular complexity index is 666. The molecule has 1 aromatic rings. The minimum absolute atomic E-state index is 0.0160. The molecule has 1 aliphatic carbocycles. The van der Waals surface area contributed by atoms with Crippen LogP contribution in [0.15, 0.2) is 17.0 Å². The third-order valence-corrected chi connectivity index (χ3v) is 5.36. The van der Waals surface area contributed by atoms with E-state index in [1.54, 1.807) is 27.0 Å². The van der Waals surface area contributed by atoms with E-state index in [4.69, 9.17) is 15.4 Å². The van der Waals surface area contributed by atoms with Gasteiger partial charge in [0.05, 0.1) is 11.0 Å². The predicted molar refractivity (Wildman–Crippen MR) is 80.2 cm³/mol. The highest BCUT2D eigenvalue weighted by Gasteiger charge is 2.30. The molecular formula is C14H18ClNO4S. The normalized spacial score (nSPS) is 21.7. The van der Waals surface area contributed by atoms with Gasteiger partial charge in [-0.25, -0.2) is 8.42 Å². The van der Waals surface area contributed by atoms with E-state index in [2.05, 4.69) is 5.32 Å². The fraction of sp³-hybridized carbons (Fsp3) is 0.500. The zero-order valence-corrected chi connectivity index (χ0v) is 13.7. The zero-order valence-electron chi connectivity index (χ0n) is 12.1. The van der Waals surface area contributed by atoms with Crippen molar-refractivity contribution in [2.24, 2.45) is 0 Å². The van der Waals surface area contributed by atoms with Gasteiger partial charge < -0.3 is 10.1 Å². The van der Waals surface area contributed by atoms with Gasteiger partial charge in [0.15, 0.2) is 0 Å². The van der Waals surface area contributed by atoms with Gasteiger partial charge in [0.25, 0.3) is 15.0 Å². The summed E-state index contributed by atoms with van der Waals surface area (Å²) in [4.78, 5) is 12.2. The number of hydrogen-bond donors (Lipinski definition) is 1. The highest BCUT2D eigenvalue weighted by molar-refractivity contribution is 8.13. The highest BCUT2D eigenvalue weighted by Crippen LogP contribution is 2.26. The molecule has 21 heavy (non-hydrogen) atoms. The topological polar surface area (TPSA) is 72.5 Å². The number of hydrogen-bond acceptors (Lipinski definition) is 4. The molecule has 1 N–H and O–H groups in total. The van der Waals surface area contributed by atoms with Crippen LogP contribution in [0.5, 0.6) is 0 Å². The lowest BCUT2D eigenvalue weighted by atomic mass is 9.89. The first-order valence-corrected chi connectivity index (χ1v) is 8.93. The second-order valence-corrected chi connectivity index (χ2v) is 7.89. The standard InChI is InChI=1S/C14H18ClNO4S/c1-8-4-10(5-13(9(8)2)21(15,18)19)14(17)16-11-6-12(7-11)20-3/h4-5,11-12H,6-7H2,1-3H3,(H,16,17). The fourth-order valence-corrected chi connectivity index (χ4v) is 3.63. The van der Waals surface area contributed by atoms with E-state index in [1.165, 1.54) is 6.07 Å². The second kappa shape index (κ2) is 5.94. The van der Waals surface area contributed by atoms with E-state index in [0.717, 1.165) is 12.8 Å². The maximum Gasteiger partial charge on any atom is 0.261 e. The van der Waals surface area contributed by atoms with E-state index in [0.29, 0.717) is 16.7 Å². The zero-order chi connectivity index (χ0) is 15.8. The number of aryl methyl sites for hydroxylation is 1. The number of halogens is 1. The van der Waals surface area contributed by atoms with Crippen LogP contribution in [0.25, 0.3) is 0 Å². The number of rotatable bonds is 4. The van der Waals surface area contributed by atoms with Crippen LogP contribution in [0.2, 0.25) is 0 Å². The summed E-state index contributed by atoms with van der Waals surface area (Å²) < 4.78 is 28.3. The minimum Gasteiger partial charge on any atom is -0.381 e. The van der Waals surface area contributed by atoms with Crippen LogP contribution in [0.1, 0.15) is 34.3 Å². The van der Waals surface area contributed by atoms with Gasteiger partial charge in [-0.2, -0.15) is 0 Å². The van der Waals surface area contributed by atoms with Crippen LogP contribution in [-0.4, -0.2) is 33.6 Å². The van der Waals surface area contributed by atoms with Gasteiger partial charge in [0.2, 0.25) is 0 Å². The molecule has 0 atom stereocenters. The van der Waals surface area contributed by atoms with Crippen molar-refractivity contribution in [3.8, 4) is 0 Å². The fourth-order valence-electron chi connectivity index (χ4n) is 2.36. The second-order valence-electron chi connectivity index (χ2n) is 5.35. The summed E-state index contributed by atoms with van der Waals surface area (Å²) in [6.45, 7) is 3.42. The molecule has 0 heterocycles. The number of carbonyl (C=O) groups excluding carboxylic acids is 1. The van der Waals surface area contributed by atoms with Gasteiger partial charge >= 0.3 is 0 Å². The Morgan fingerprint density at radius 1 is 1.33 bits per heavy atom. The van der Waals surface area contributed by atoms with Gasteiger partial charge in [-0.05, 0) is 49.9 Å².